The van der Waals surface area contributed by atoms with E-state index >= 15 is 0 Å². The number of anilines is 1. The van der Waals surface area contributed by atoms with Gasteiger partial charge in [0.1, 0.15) is 0 Å². The molecule has 0 fully saturated rings. The van der Waals surface area contributed by atoms with Crippen molar-refractivity contribution in [2.24, 2.45) is 0 Å². The molecule has 126 valence electrons. The molecule has 1 atom stereocenters. The first-order chi connectivity index (χ1) is 11.7. The molecule has 0 saturated carbocycles. The minimum Gasteiger partial charge on any atom is -0.331 e. The van der Waals surface area contributed by atoms with Crippen LogP contribution in [0.25, 0.3) is 0 Å². The third-order valence-electron chi connectivity index (χ3n) is 4.88. The molecule has 2 aromatic carbocycles. The lowest BCUT2D eigenvalue weighted by Crippen LogP contribution is -2.32. The highest BCUT2D eigenvalue weighted by molar-refractivity contribution is 5.90. The highest BCUT2D eigenvalue weighted by Gasteiger charge is 2.16. The molecule has 0 aliphatic heterocycles. The van der Waals surface area contributed by atoms with E-state index < -0.39 is 0 Å². The minimum atomic E-state index is -0.145. The monoisotopic (exact) mass is 322 g/mol. The summed E-state index contributed by atoms with van der Waals surface area (Å²) in [6.07, 6.45) is 5.79. The molecular weight excluding hydrogens is 296 g/mol. The smallest absolute Gasteiger partial charge is 0.319 e. The van der Waals surface area contributed by atoms with Gasteiger partial charge in [-0.2, -0.15) is 0 Å². The average molecular weight is 322 g/mol. The highest BCUT2D eigenvalue weighted by Crippen LogP contribution is 2.26. The Kier molecular flexibility index (Phi) is 5.19. The Balaban J connectivity index is 1.70. The molecule has 2 amide bonds. The van der Waals surface area contributed by atoms with Gasteiger partial charge in [-0.25, -0.2) is 4.79 Å². The number of rotatable bonds is 4. The van der Waals surface area contributed by atoms with Gasteiger partial charge in [0.25, 0.3) is 0 Å². The van der Waals surface area contributed by atoms with Crippen LogP contribution < -0.4 is 10.6 Å². The Labute approximate surface area is 144 Å². The zero-order valence-electron chi connectivity index (χ0n) is 14.6. The van der Waals surface area contributed by atoms with Crippen molar-refractivity contribution >= 4 is 11.7 Å². The van der Waals surface area contributed by atoms with Crippen LogP contribution in [-0.2, 0) is 12.8 Å². The van der Waals surface area contributed by atoms with E-state index in [0.717, 1.165) is 24.1 Å². The van der Waals surface area contributed by atoms with Crippen molar-refractivity contribution in [3.63, 3.8) is 0 Å². The first-order valence-electron chi connectivity index (χ1n) is 8.92. The molecule has 1 aliphatic rings. The van der Waals surface area contributed by atoms with E-state index in [-0.39, 0.29) is 12.1 Å². The van der Waals surface area contributed by atoms with E-state index in [4.69, 9.17) is 0 Å². The summed E-state index contributed by atoms with van der Waals surface area (Å²) in [6.45, 7) is 4.11. The number of nitrogens with one attached hydrogen (secondary N) is 2. The Morgan fingerprint density at radius 3 is 2.58 bits per heavy atom. The number of carbonyl (C=O) groups is 1. The van der Waals surface area contributed by atoms with E-state index in [1.807, 2.05) is 31.2 Å². The SMILES string of the molecule is CCC(NC(=O)Nc1ccccc1C)c1ccc2c(c1)CCCC2. The van der Waals surface area contributed by atoms with Gasteiger partial charge >= 0.3 is 6.03 Å². The molecule has 0 spiro atoms. The fraction of sp³-hybridized carbons (Fsp3) is 0.381. The Morgan fingerprint density at radius 2 is 1.83 bits per heavy atom. The molecule has 24 heavy (non-hydrogen) atoms. The summed E-state index contributed by atoms with van der Waals surface area (Å²) >= 11 is 0. The van der Waals surface area contributed by atoms with Gasteiger partial charge in [0.15, 0.2) is 0 Å². The van der Waals surface area contributed by atoms with Crippen LogP contribution in [0, 0.1) is 6.92 Å². The zero-order valence-corrected chi connectivity index (χ0v) is 14.6. The summed E-state index contributed by atoms with van der Waals surface area (Å²) in [5, 5.41) is 6.07. The predicted octanol–water partition coefficient (Wildman–Crippen LogP) is 5.15. The van der Waals surface area contributed by atoms with Gasteiger partial charge in [-0.3, -0.25) is 0 Å². The number of aryl methyl sites for hydroxylation is 3. The summed E-state index contributed by atoms with van der Waals surface area (Å²) in [5.41, 5.74) is 6.06. The molecule has 1 unspecified atom stereocenters. The average Bonchev–Trinajstić information content (AvgIpc) is 2.61. The maximum Gasteiger partial charge on any atom is 0.319 e. The lowest BCUT2D eigenvalue weighted by atomic mass is 9.89. The number of hydrogen-bond acceptors (Lipinski definition) is 1. The van der Waals surface area contributed by atoms with E-state index in [2.05, 4.69) is 35.8 Å². The quantitative estimate of drug-likeness (QED) is 0.803. The Hall–Kier alpha value is -2.29. The molecule has 0 aromatic heterocycles. The molecule has 0 saturated heterocycles. The Bertz CT molecular complexity index is 724. The lowest BCUT2D eigenvalue weighted by molar-refractivity contribution is 0.248. The van der Waals surface area contributed by atoms with Crippen molar-refractivity contribution < 1.29 is 4.79 Å². The van der Waals surface area contributed by atoms with Crippen LogP contribution in [-0.4, -0.2) is 6.03 Å². The summed E-state index contributed by atoms with van der Waals surface area (Å²) in [5.74, 6) is 0. The van der Waals surface area contributed by atoms with Crippen molar-refractivity contribution in [3.8, 4) is 0 Å². The molecule has 0 radical (unpaired) electrons. The van der Waals surface area contributed by atoms with Crippen LogP contribution in [0.15, 0.2) is 42.5 Å². The second kappa shape index (κ2) is 7.52. The van der Waals surface area contributed by atoms with Crippen LogP contribution in [0.4, 0.5) is 10.5 Å². The first kappa shape index (κ1) is 16.6. The van der Waals surface area contributed by atoms with Crippen LogP contribution in [0.1, 0.15) is 54.5 Å². The molecule has 3 rings (SSSR count). The van der Waals surface area contributed by atoms with Crippen molar-refractivity contribution in [2.75, 3.05) is 5.32 Å². The molecular formula is C21H26N2O. The van der Waals surface area contributed by atoms with Gasteiger partial charge in [-0.1, -0.05) is 43.3 Å². The van der Waals surface area contributed by atoms with Crippen molar-refractivity contribution in [2.45, 2.75) is 52.0 Å². The number of amides is 2. The zero-order chi connectivity index (χ0) is 16.9. The number of urea groups is 1. The summed E-state index contributed by atoms with van der Waals surface area (Å²) < 4.78 is 0. The molecule has 0 bridgehead atoms. The number of benzene rings is 2. The van der Waals surface area contributed by atoms with Gasteiger partial charge in [0.05, 0.1) is 6.04 Å². The van der Waals surface area contributed by atoms with Crippen molar-refractivity contribution in [1.29, 1.82) is 0 Å². The summed E-state index contributed by atoms with van der Waals surface area (Å²) in [7, 11) is 0. The topological polar surface area (TPSA) is 41.1 Å². The van der Waals surface area contributed by atoms with Gasteiger partial charge in [0.2, 0.25) is 0 Å². The third kappa shape index (κ3) is 3.78. The molecule has 3 nitrogen and oxygen atoms in total. The van der Waals surface area contributed by atoms with Crippen molar-refractivity contribution in [1.82, 2.24) is 5.32 Å². The molecule has 2 aromatic rings. The van der Waals surface area contributed by atoms with Gasteiger partial charge < -0.3 is 10.6 Å². The van der Waals surface area contributed by atoms with E-state index in [1.54, 1.807) is 0 Å². The van der Waals surface area contributed by atoms with E-state index in [1.165, 1.54) is 36.0 Å². The predicted molar refractivity (Wildman–Crippen MR) is 99.4 cm³/mol. The van der Waals surface area contributed by atoms with Gasteiger partial charge in [0, 0.05) is 5.69 Å². The van der Waals surface area contributed by atoms with Crippen LogP contribution >= 0.6 is 0 Å². The lowest BCUT2D eigenvalue weighted by Gasteiger charge is -2.22. The standard InChI is InChI=1S/C21H26N2O/c1-3-19(18-13-12-16-9-5-6-10-17(16)14-18)22-21(24)23-20-11-7-4-8-15(20)2/h4,7-8,11-14,19H,3,5-6,9-10H2,1-2H3,(H2,22,23,24). The summed E-state index contributed by atoms with van der Waals surface area (Å²) in [4.78, 5) is 12.4. The van der Waals surface area contributed by atoms with Crippen LogP contribution in [0.3, 0.4) is 0 Å². The van der Waals surface area contributed by atoms with Crippen LogP contribution in [0.2, 0.25) is 0 Å². The fourth-order valence-corrected chi connectivity index (χ4v) is 3.42. The van der Waals surface area contributed by atoms with E-state index in [0.29, 0.717) is 0 Å². The normalized spacial score (nSPS) is 14.6. The minimum absolute atomic E-state index is 0.0428. The molecule has 3 heteroatoms. The van der Waals surface area contributed by atoms with Crippen molar-refractivity contribution in [3.05, 3.63) is 64.7 Å². The largest absolute Gasteiger partial charge is 0.331 e. The second-order valence-electron chi connectivity index (χ2n) is 6.61. The number of hydrogen-bond donors (Lipinski definition) is 2. The highest BCUT2D eigenvalue weighted by atomic mass is 16.2. The van der Waals surface area contributed by atoms with E-state index in [9.17, 15) is 4.79 Å². The number of carbonyl (C=O) groups excluding carboxylic acids is 1. The summed E-state index contributed by atoms with van der Waals surface area (Å²) in [6, 6.07) is 14.4. The second-order valence-corrected chi connectivity index (χ2v) is 6.61. The fourth-order valence-electron chi connectivity index (χ4n) is 3.42. The Morgan fingerprint density at radius 1 is 1.08 bits per heavy atom. The maximum atomic E-state index is 12.4. The molecule has 1 aliphatic carbocycles. The number of fused-ring (bicyclic) bond motifs is 1. The molecule has 2 N–H and O–H groups in total. The van der Waals surface area contributed by atoms with Gasteiger partial charge in [-0.15, -0.1) is 0 Å². The molecule has 0 heterocycles. The van der Waals surface area contributed by atoms with Gasteiger partial charge in [-0.05, 0) is 67.3 Å². The maximum absolute atomic E-state index is 12.4. The number of para-hydroxylation sites is 1. The first-order valence-corrected chi connectivity index (χ1v) is 8.92. The third-order valence-corrected chi connectivity index (χ3v) is 4.88. The van der Waals surface area contributed by atoms with Crippen LogP contribution in [0.5, 0.6) is 0 Å².